The van der Waals surface area contributed by atoms with Crippen LogP contribution in [-0.2, 0) is 0 Å². The molecule has 0 saturated carbocycles. The number of hydrogen-bond donors (Lipinski definition) is 0. The first-order chi connectivity index (χ1) is 5.70. The Labute approximate surface area is 76.7 Å². The summed E-state index contributed by atoms with van der Waals surface area (Å²) < 4.78 is 0. The molecule has 0 bridgehead atoms. The zero-order valence-corrected chi connectivity index (χ0v) is 8.51. The number of hydrogen-bond acceptors (Lipinski definition) is 0. The minimum atomic E-state index is 0.482. The lowest BCUT2D eigenvalue weighted by atomic mass is 10.1. The molecule has 0 spiro atoms. The lowest BCUT2D eigenvalue weighted by Gasteiger charge is -1.95. The molecule has 0 aromatic heterocycles. The van der Waals surface area contributed by atoms with Gasteiger partial charge in [0.15, 0.2) is 0 Å². The third kappa shape index (κ3) is 5.96. The zero-order chi connectivity index (χ0) is 9.40. The van der Waals surface area contributed by atoms with Gasteiger partial charge in [0.2, 0.25) is 0 Å². The molecule has 0 rings (SSSR count). The van der Waals surface area contributed by atoms with Crippen LogP contribution in [0.2, 0.25) is 0 Å². The molecule has 0 heteroatoms. The molecule has 0 aliphatic carbocycles. The summed E-state index contributed by atoms with van der Waals surface area (Å²) in [7, 11) is 0. The summed E-state index contributed by atoms with van der Waals surface area (Å²) in [5.41, 5.74) is 1.45. The first kappa shape index (κ1) is 11.2. The summed E-state index contributed by atoms with van der Waals surface area (Å²) in [6, 6.07) is 0. The van der Waals surface area contributed by atoms with Gasteiger partial charge in [0.05, 0.1) is 0 Å². The molecule has 0 amide bonds. The Morgan fingerprint density at radius 1 is 1.50 bits per heavy atom. The van der Waals surface area contributed by atoms with Crippen molar-refractivity contribution in [3.63, 3.8) is 0 Å². The fourth-order valence-electron chi connectivity index (χ4n) is 0.951. The van der Waals surface area contributed by atoms with Crippen LogP contribution >= 0.6 is 0 Å². The average molecular weight is 164 g/mol. The van der Waals surface area contributed by atoms with Crippen LogP contribution in [0.3, 0.4) is 0 Å². The van der Waals surface area contributed by atoms with E-state index in [4.69, 9.17) is 0 Å². The Morgan fingerprint density at radius 2 is 2.17 bits per heavy atom. The van der Waals surface area contributed by atoms with E-state index in [9.17, 15) is 0 Å². The van der Waals surface area contributed by atoms with E-state index in [0.29, 0.717) is 5.92 Å². The van der Waals surface area contributed by atoms with Gasteiger partial charge in [-0.1, -0.05) is 50.1 Å². The molecule has 0 fully saturated rings. The largest absolute Gasteiger partial charge is 0.102 e. The lowest BCUT2D eigenvalue weighted by Crippen LogP contribution is -1.79. The van der Waals surface area contributed by atoms with E-state index in [0.717, 1.165) is 0 Å². The Hall–Kier alpha value is -0.780. The predicted octanol–water partition coefficient (Wildman–Crippen LogP) is 4.11. The van der Waals surface area contributed by atoms with E-state index in [1.165, 1.54) is 18.4 Å². The molecular weight excluding hydrogens is 144 g/mol. The monoisotopic (exact) mass is 164 g/mol. The van der Waals surface area contributed by atoms with E-state index in [2.05, 4.69) is 45.6 Å². The van der Waals surface area contributed by atoms with Crippen molar-refractivity contribution in [3.05, 3.63) is 36.5 Å². The van der Waals surface area contributed by atoms with Gasteiger partial charge in [0.1, 0.15) is 0 Å². The first-order valence-corrected chi connectivity index (χ1v) is 4.67. The topological polar surface area (TPSA) is 0 Å². The summed E-state index contributed by atoms with van der Waals surface area (Å²) in [5.74, 6) is 0.482. The summed E-state index contributed by atoms with van der Waals surface area (Å²) in [4.78, 5) is 0. The van der Waals surface area contributed by atoms with Crippen molar-refractivity contribution in [2.24, 2.45) is 5.92 Å². The van der Waals surface area contributed by atoms with Gasteiger partial charge in [-0.3, -0.25) is 0 Å². The molecule has 0 aliphatic heterocycles. The lowest BCUT2D eigenvalue weighted by molar-refractivity contribution is 0.904. The highest BCUT2D eigenvalue weighted by Crippen LogP contribution is 2.04. The van der Waals surface area contributed by atoms with Crippen molar-refractivity contribution >= 4 is 0 Å². The Balaban J connectivity index is 3.84. The normalized spacial score (nSPS) is 15.1. The molecule has 0 aromatic rings. The second-order valence-electron chi connectivity index (χ2n) is 3.24. The van der Waals surface area contributed by atoms with E-state index < -0.39 is 0 Å². The van der Waals surface area contributed by atoms with Gasteiger partial charge in [-0.05, 0) is 19.3 Å². The second-order valence-corrected chi connectivity index (χ2v) is 3.24. The van der Waals surface area contributed by atoms with Crippen LogP contribution in [0.15, 0.2) is 36.5 Å². The Morgan fingerprint density at radius 3 is 2.67 bits per heavy atom. The van der Waals surface area contributed by atoms with Crippen molar-refractivity contribution in [1.82, 2.24) is 0 Å². The Bertz CT molecular complexity index is 172. The Kier molecular flexibility index (Phi) is 6.45. The minimum Gasteiger partial charge on any atom is -0.102 e. The number of allylic oxidation sites excluding steroid dienone is 5. The van der Waals surface area contributed by atoms with E-state index in [1.54, 1.807) is 0 Å². The third-order valence-corrected chi connectivity index (χ3v) is 1.81. The van der Waals surface area contributed by atoms with Crippen LogP contribution in [0, 0.1) is 5.92 Å². The quantitative estimate of drug-likeness (QED) is 0.423. The second kappa shape index (κ2) is 6.90. The fraction of sp³-hybridized carbons (Fsp3) is 0.500. The summed E-state index contributed by atoms with van der Waals surface area (Å²) in [6.45, 7) is 10.2. The van der Waals surface area contributed by atoms with Crippen molar-refractivity contribution in [1.29, 1.82) is 0 Å². The molecular formula is C12H20. The molecule has 0 nitrogen and oxygen atoms in total. The van der Waals surface area contributed by atoms with Crippen molar-refractivity contribution in [2.75, 3.05) is 0 Å². The third-order valence-electron chi connectivity index (χ3n) is 1.81. The minimum absolute atomic E-state index is 0.482. The molecule has 68 valence electrons. The predicted molar refractivity (Wildman–Crippen MR) is 57.2 cm³/mol. The van der Waals surface area contributed by atoms with Crippen LogP contribution < -0.4 is 0 Å². The molecule has 0 aliphatic rings. The fourth-order valence-corrected chi connectivity index (χ4v) is 0.951. The molecule has 0 saturated heterocycles. The van der Waals surface area contributed by atoms with Gasteiger partial charge in [-0.15, -0.1) is 6.58 Å². The van der Waals surface area contributed by atoms with Gasteiger partial charge in [-0.2, -0.15) is 0 Å². The maximum atomic E-state index is 3.72. The molecule has 0 radical (unpaired) electrons. The summed E-state index contributed by atoms with van der Waals surface area (Å²) >= 11 is 0. The number of rotatable bonds is 5. The van der Waals surface area contributed by atoms with E-state index in [-0.39, 0.29) is 0 Å². The van der Waals surface area contributed by atoms with Gasteiger partial charge in [0.25, 0.3) is 0 Å². The maximum absolute atomic E-state index is 3.72. The van der Waals surface area contributed by atoms with Gasteiger partial charge in [-0.25, -0.2) is 0 Å². The first-order valence-electron chi connectivity index (χ1n) is 4.67. The standard InChI is InChI=1S/C12H20/c1-5-8-12(4)10-7-9-11(3)6-2/h6-7,9-11H,2,5,8H2,1,3-4H3. The van der Waals surface area contributed by atoms with Crippen LogP contribution in [-0.4, -0.2) is 0 Å². The van der Waals surface area contributed by atoms with Gasteiger partial charge in [0, 0.05) is 0 Å². The SMILES string of the molecule is C=CC(C)C=CC=C(C)CCC. The van der Waals surface area contributed by atoms with Gasteiger partial charge >= 0.3 is 0 Å². The van der Waals surface area contributed by atoms with Crippen molar-refractivity contribution < 1.29 is 0 Å². The van der Waals surface area contributed by atoms with E-state index in [1.807, 2.05) is 6.08 Å². The van der Waals surface area contributed by atoms with Crippen LogP contribution in [0.5, 0.6) is 0 Å². The molecule has 12 heavy (non-hydrogen) atoms. The molecule has 1 atom stereocenters. The highest BCUT2D eigenvalue weighted by atomic mass is 13.9. The highest BCUT2D eigenvalue weighted by Gasteiger charge is 1.86. The average Bonchev–Trinajstić information content (AvgIpc) is 2.04. The van der Waals surface area contributed by atoms with Gasteiger partial charge < -0.3 is 0 Å². The summed E-state index contributed by atoms with van der Waals surface area (Å²) in [6.07, 6.45) is 10.8. The zero-order valence-electron chi connectivity index (χ0n) is 8.51. The van der Waals surface area contributed by atoms with Crippen LogP contribution in [0.1, 0.15) is 33.6 Å². The van der Waals surface area contributed by atoms with Crippen LogP contribution in [0.25, 0.3) is 0 Å². The van der Waals surface area contributed by atoms with Crippen molar-refractivity contribution in [2.45, 2.75) is 33.6 Å². The molecule has 1 unspecified atom stereocenters. The molecule has 0 N–H and O–H groups in total. The molecule has 0 aromatic carbocycles. The maximum Gasteiger partial charge on any atom is -0.00814 e. The van der Waals surface area contributed by atoms with Crippen LogP contribution in [0.4, 0.5) is 0 Å². The van der Waals surface area contributed by atoms with Crippen molar-refractivity contribution in [3.8, 4) is 0 Å². The molecule has 0 heterocycles. The van der Waals surface area contributed by atoms with E-state index >= 15 is 0 Å². The smallest absolute Gasteiger partial charge is 0.00814 e. The summed E-state index contributed by atoms with van der Waals surface area (Å²) in [5, 5.41) is 0. The highest BCUT2D eigenvalue weighted by molar-refractivity contribution is 5.12.